The number of amides is 1. The van der Waals surface area contributed by atoms with E-state index in [0.717, 1.165) is 31.9 Å². The quantitative estimate of drug-likeness (QED) is 0.917. The lowest BCUT2D eigenvalue weighted by molar-refractivity contribution is -0.123. The van der Waals surface area contributed by atoms with E-state index in [2.05, 4.69) is 46.3 Å². The molecular weight excluding hydrogens is 302 g/mol. The number of aryl methyl sites for hydroxylation is 1. The van der Waals surface area contributed by atoms with Crippen LogP contribution in [0.15, 0.2) is 47.1 Å². The van der Waals surface area contributed by atoms with Crippen molar-refractivity contribution in [1.82, 2.24) is 10.2 Å². The molecule has 5 nitrogen and oxygen atoms in total. The van der Waals surface area contributed by atoms with Crippen molar-refractivity contribution in [2.75, 3.05) is 37.6 Å². The molecule has 128 valence electrons. The minimum absolute atomic E-state index is 0.0447. The van der Waals surface area contributed by atoms with Crippen molar-refractivity contribution in [3.8, 4) is 0 Å². The number of piperazine rings is 1. The summed E-state index contributed by atoms with van der Waals surface area (Å²) in [6.45, 7) is 8.22. The van der Waals surface area contributed by atoms with Gasteiger partial charge in [0.1, 0.15) is 5.76 Å². The molecular formula is C19H25N3O2. The zero-order valence-electron chi connectivity index (χ0n) is 14.4. The fraction of sp³-hybridized carbons (Fsp3) is 0.421. The topological polar surface area (TPSA) is 48.7 Å². The number of anilines is 1. The minimum atomic E-state index is -0.0965. The monoisotopic (exact) mass is 327 g/mol. The number of rotatable bonds is 5. The van der Waals surface area contributed by atoms with Gasteiger partial charge in [0.2, 0.25) is 5.91 Å². The number of carbonyl (C=O) groups excluding carboxylic acids is 1. The molecule has 1 aliphatic rings. The maximum Gasteiger partial charge on any atom is 0.234 e. The largest absolute Gasteiger partial charge is 0.467 e. The Morgan fingerprint density at radius 1 is 1.17 bits per heavy atom. The number of benzene rings is 1. The molecule has 1 aromatic heterocycles. The average Bonchev–Trinajstić information content (AvgIpc) is 3.11. The van der Waals surface area contributed by atoms with Gasteiger partial charge in [0.05, 0.1) is 18.8 Å². The third-order valence-electron chi connectivity index (χ3n) is 4.54. The van der Waals surface area contributed by atoms with Crippen molar-refractivity contribution >= 4 is 11.6 Å². The van der Waals surface area contributed by atoms with Crippen LogP contribution in [0.4, 0.5) is 5.69 Å². The normalized spacial score (nSPS) is 16.8. The van der Waals surface area contributed by atoms with Crippen LogP contribution in [-0.4, -0.2) is 43.5 Å². The Hall–Kier alpha value is -2.27. The number of hydrogen-bond donors (Lipinski definition) is 1. The van der Waals surface area contributed by atoms with Crippen LogP contribution >= 0.6 is 0 Å². The summed E-state index contributed by atoms with van der Waals surface area (Å²) in [5.74, 6) is 0.830. The molecule has 2 heterocycles. The first kappa shape index (κ1) is 16.6. The van der Waals surface area contributed by atoms with Gasteiger partial charge in [0.15, 0.2) is 0 Å². The highest BCUT2D eigenvalue weighted by Crippen LogP contribution is 2.20. The second-order valence-electron chi connectivity index (χ2n) is 6.35. The Morgan fingerprint density at radius 3 is 2.58 bits per heavy atom. The van der Waals surface area contributed by atoms with Crippen LogP contribution in [0.2, 0.25) is 0 Å². The molecule has 0 spiro atoms. The molecule has 1 amide bonds. The summed E-state index contributed by atoms with van der Waals surface area (Å²) in [7, 11) is 0. The molecule has 1 aromatic carbocycles. The standard InChI is InChI=1S/C19H25N3O2/c1-15-6-3-4-7-17(15)22-11-9-21(10-12-22)14-19(23)20-16(2)18-8-5-13-24-18/h3-8,13,16H,9-12,14H2,1-2H3,(H,20,23)/t16-/m0/s1. The molecule has 1 atom stereocenters. The van der Waals surface area contributed by atoms with Gasteiger partial charge < -0.3 is 14.6 Å². The first-order valence-electron chi connectivity index (χ1n) is 8.49. The lowest BCUT2D eigenvalue weighted by atomic mass is 10.1. The molecule has 2 aromatic rings. The summed E-state index contributed by atoms with van der Waals surface area (Å²) in [4.78, 5) is 16.8. The first-order chi connectivity index (χ1) is 11.6. The highest BCUT2D eigenvalue weighted by Gasteiger charge is 2.21. The van der Waals surface area contributed by atoms with Gasteiger partial charge in [-0.1, -0.05) is 18.2 Å². The van der Waals surface area contributed by atoms with Gasteiger partial charge in [-0.3, -0.25) is 9.69 Å². The van der Waals surface area contributed by atoms with Crippen LogP contribution in [0.1, 0.15) is 24.3 Å². The van der Waals surface area contributed by atoms with E-state index in [-0.39, 0.29) is 11.9 Å². The van der Waals surface area contributed by atoms with Gasteiger partial charge in [0.25, 0.3) is 0 Å². The SMILES string of the molecule is Cc1ccccc1N1CCN(CC(=O)N[C@@H](C)c2ccco2)CC1. The van der Waals surface area contributed by atoms with Crippen LogP contribution < -0.4 is 10.2 Å². The van der Waals surface area contributed by atoms with E-state index in [0.29, 0.717) is 6.54 Å². The van der Waals surface area contributed by atoms with E-state index in [1.165, 1.54) is 11.3 Å². The van der Waals surface area contributed by atoms with Crippen molar-refractivity contribution in [2.45, 2.75) is 19.9 Å². The first-order valence-corrected chi connectivity index (χ1v) is 8.49. The number of furan rings is 1. The summed E-state index contributed by atoms with van der Waals surface area (Å²) in [5, 5.41) is 2.99. The number of para-hydroxylation sites is 1. The van der Waals surface area contributed by atoms with Gasteiger partial charge >= 0.3 is 0 Å². The Bertz CT molecular complexity index is 661. The van der Waals surface area contributed by atoms with Crippen molar-refractivity contribution in [3.63, 3.8) is 0 Å². The average molecular weight is 327 g/mol. The van der Waals surface area contributed by atoms with Crippen LogP contribution in [0, 0.1) is 6.92 Å². The molecule has 1 fully saturated rings. The van der Waals surface area contributed by atoms with Gasteiger partial charge in [-0.05, 0) is 37.6 Å². The zero-order valence-corrected chi connectivity index (χ0v) is 14.4. The number of hydrogen-bond acceptors (Lipinski definition) is 4. The van der Waals surface area contributed by atoms with Crippen LogP contribution in [-0.2, 0) is 4.79 Å². The third kappa shape index (κ3) is 3.97. The lowest BCUT2D eigenvalue weighted by Crippen LogP contribution is -2.49. The smallest absolute Gasteiger partial charge is 0.234 e. The molecule has 3 rings (SSSR count). The highest BCUT2D eigenvalue weighted by atomic mass is 16.3. The molecule has 0 aliphatic carbocycles. The van der Waals surface area contributed by atoms with Gasteiger partial charge in [-0.15, -0.1) is 0 Å². The Morgan fingerprint density at radius 2 is 1.92 bits per heavy atom. The van der Waals surface area contributed by atoms with Crippen molar-refractivity contribution in [1.29, 1.82) is 0 Å². The third-order valence-corrected chi connectivity index (χ3v) is 4.54. The summed E-state index contributed by atoms with van der Waals surface area (Å²) in [6, 6.07) is 12.1. The molecule has 0 radical (unpaired) electrons. The van der Waals surface area contributed by atoms with Crippen molar-refractivity contribution in [3.05, 3.63) is 54.0 Å². The molecule has 0 saturated carbocycles. The number of nitrogens with zero attached hydrogens (tertiary/aromatic N) is 2. The maximum absolute atomic E-state index is 12.2. The predicted octanol–water partition coefficient (Wildman–Crippen LogP) is 2.59. The van der Waals surface area contributed by atoms with Gasteiger partial charge in [0, 0.05) is 31.9 Å². The molecule has 1 saturated heterocycles. The predicted molar refractivity (Wildman–Crippen MR) is 95.1 cm³/mol. The second kappa shape index (κ2) is 7.53. The fourth-order valence-electron chi connectivity index (χ4n) is 3.16. The molecule has 5 heteroatoms. The zero-order chi connectivity index (χ0) is 16.9. The van der Waals surface area contributed by atoms with Crippen LogP contribution in [0.5, 0.6) is 0 Å². The number of nitrogens with one attached hydrogen (secondary N) is 1. The summed E-state index contributed by atoms with van der Waals surface area (Å²) >= 11 is 0. The maximum atomic E-state index is 12.2. The van der Waals surface area contributed by atoms with Crippen molar-refractivity contribution < 1.29 is 9.21 Å². The van der Waals surface area contributed by atoms with Crippen molar-refractivity contribution in [2.24, 2.45) is 0 Å². The molecule has 1 N–H and O–H groups in total. The summed E-state index contributed by atoms with van der Waals surface area (Å²) in [6.07, 6.45) is 1.63. The van der Waals surface area contributed by atoms with Crippen LogP contribution in [0.25, 0.3) is 0 Å². The highest BCUT2D eigenvalue weighted by molar-refractivity contribution is 5.78. The second-order valence-corrected chi connectivity index (χ2v) is 6.35. The van der Waals surface area contributed by atoms with Gasteiger partial charge in [-0.25, -0.2) is 0 Å². The van der Waals surface area contributed by atoms with E-state index < -0.39 is 0 Å². The molecule has 1 aliphatic heterocycles. The minimum Gasteiger partial charge on any atom is -0.467 e. The molecule has 24 heavy (non-hydrogen) atoms. The summed E-state index contributed by atoms with van der Waals surface area (Å²) < 4.78 is 5.33. The van der Waals surface area contributed by atoms with E-state index >= 15 is 0 Å². The van der Waals surface area contributed by atoms with Crippen LogP contribution in [0.3, 0.4) is 0 Å². The Kier molecular flexibility index (Phi) is 5.20. The van der Waals surface area contributed by atoms with E-state index in [1.54, 1.807) is 6.26 Å². The Labute approximate surface area is 143 Å². The molecule has 0 unspecified atom stereocenters. The summed E-state index contributed by atoms with van der Waals surface area (Å²) in [5.41, 5.74) is 2.60. The molecule has 0 bridgehead atoms. The fourth-order valence-corrected chi connectivity index (χ4v) is 3.16. The van der Waals surface area contributed by atoms with E-state index in [1.807, 2.05) is 19.1 Å². The van der Waals surface area contributed by atoms with Gasteiger partial charge in [-0.2, -0.15) is 0 Å². The number of carbonyl (C=O) groups is 1. The lowest BCUT2D eigenvalue weighted by Gasteiger charge is -2.36. The van der Waals surface area contributed by atoms with E-state index in [9.17, 15) is 4.79 Å². The van der Waals surface area contributed by atoms with E-state index in [4.69, 9.17) is 4.42 Å². The Balaban J connectivity index is 1.47.